The molecule has 1 aliphatic rings. The van der Waals surface area contributed by atoms with Gasteiger partial charge >= 0.3 is 0 Å². The van der Waals surface area contributed by atoms with Crippen molar-refractivity contribution in [3.8, 4) is 0 Å². The first kappa shape index (κ1) is 14.2. The summed E-state index contributed by atoms with van der Waals surface area (Å²) in [5, 5.41) is 3.47. The Bertz CT molecular complexity index is 619. The highest BCUT2D eigenvalue weighted by atomic mass is 19.1. The molecule has 1 aliphatic carbocycles. The van der Waals surface area contributed by atoms with E-state index in [0.717, 1.165) is 19.0 Å². The van der Waals surface area contributed by atoms with Crippen LogP contribution in [-0.2, 0) is 12.8 Å². The molecule has 3 heteroatoms. The van der Waals surface area contributed by atoms with Gasteiger partial charge in [0.1, 0.15) is 11.6 Å². The van der Waals surface area contributed by atoms with Gasteiger partial charge in [0, 0.05) is 18.0 Å². The van der Waals surface area contributed by atoms with Gasteiger partial charge in [-0.3, -0.25) is 0 Å². The molecule has 0 aromatic heterocycles. The van der Waals surface area contributed by atoms with Crippen LogP contribution in [0.4, 0.5) is 8.78 Å². The molecule has 3 rings (SSSR count). The predicted molar refractivity (Wildman–Crippen MR) is 80.4 cm³/mol. The number of benzene rings is 2. The lowest BCUT2D eigenvalue weighted by atomic mass is 9.72. The zero-order valence-corrected chi connectivity index (χ0v) is 12.1. The van der Waals surface area contributed by atoms with Gasteiger partial charge in [0.25, 0.3) is 0 Å². The van der Waals surface area contributed by atoms with Crippen LogP contribution in [0.2, 0.25) is 0 Å². The summed E-state index contributed by atoms with van der Waals surface area (Å²) in [6, 6.07) is 12.4. The number of rotatable bonds is 5. The van der Waals surface area contributed by atoms with Gasteiger partial charge in [0.15, 0.2) is 0 Å². The maximum Gasteiger partial charge on any atom is 0.126 e. The van der Waals surface area contributed by atoms with Crippen molar-refractivity contribution in [2.24, 2.45) is 0 Å². The molecule has 0 fully saturated rings. The van der Waals surface area contributed by atoms with Crippen molar-refractivity contribution in [3.05, 3.63) is 70.8 Å². The molecular weight excluding hydrogens is 268 g/mol. The first-order chi connectivity index (χ1) is 10.2. The first-order valence-corrected chi connectivity index (χ1v) is 7.43. The zero-order chi connectivity index (χ0) is 14.8. The summed E-state index contributed by atoms with van der Waals surface area (Å²) < 4.78 is 26.7. The minimum Gasteiger partial charge on any atom is -0.313 e. The number of nitrogens with one attached hydrogen (secondary N) is 1. The van der Waals surface area contributed by atoms with E-state index < -0.39 is 11.6 Å². The summed E-state index contributed by atoms with van der Waals surface area (Å²) in [4.78, 5) is 0. The van der Waals surface area contributed by atoms with Crippen LogP contribution in [0.15, 0.2) is 42.5 Å². The number of hydrogen-bond acceptors (Lipinski definition) is 1. The smallest absolute Gasteiger partial charge is 0.126 e. The highest BCUT2D eigenvalue weighted by molar-refractivity contribution is 5.41. The van der Waals surface area contributed by atoms with Crippen LogP contribution in [0.3, 0.4) is 0 Å². The van der Waals surface area contributed by atoms with E-state index >= 15 is 0 Å². The van der Waals surface area contributed by atoms with Crippen molar-refractivity contribution >= 4 is 0 Å². The predicted octanol–water partition coefficient (Wildman–Crippen LogP) is 3.83. The molecule has 0 amide bonds. The van der Waals surface area contributed by atoms with Crippen molar-refractivity contribution in [1.29, 1.82) is 0 Å². The van der Waals surface area contributed by atoms with Crippen molar-refractivity contribution in [2.45, 2.75) is 31.7 Å². The summed E-state index contributed by atoms with van der Waals surface area (Å²) in [7, 11) is 0. The monoisotopic (exact) mass is 287 g/mol. The second-order valence-corrected chi connectivity index (χ2v) is 5.66. The number of hydrogen-bond donors (Lipinski definition) is 1. The Morgan fingerprint density at radius 3 is 2.52 bits per heavy atom. The number of halogens is 2. The summed E-state index contributed by atoms with van der Waals surface area (Å²) in [6.45, 7) is 2.91. The average Bonchev–Trinajstić information content (AvgIpc) is 2.39. The molecule has 0 aliphatic heterocycles. The minimum atomic E-state index is -0.505. The van der Waals surface area contributed by atoms with E-state index in [0.29, 0.717) is 17.9 Å². The Balaban J connectivity index is 1.80. The van der Waals surface area contributed by atoms with E-state index in [1.165, 1.54) is 23.3 Å². The van der Waals surface area contributed by atoms with Crippen molar-refractivity contribution in [1.82, 2.24) is 5.32 Å². The van der Waals surface area contributed by atoms with E-state index in [1.807, 2.05) is 0 Å². The maximum absolute atomic E-state index is 13.3. The molecule has 2 atom stereocenters. The molecule has 2 aromatic carbocycles. The van der Waals surface area contributed by atoms with E-state index in [-0.39, 0.29) is 6.04 Å². The molecule has 1 nitrogen and oxygen atoms in total. The topological polar surface area (TPSA) is 12.0 Å². The molecule has 0 saturated carbocycles. The van der Waals surface area contributed by atoms with Crippen LogP contribution < -0.4 is 5.32 Å². The van der Waals surface area contributed by atoms with Gasteiger partial charge in [0.2, 0.25) is 0 Å². The molecule has 0 radical (unpaired) electrons. The summed E-state index contributed by atoms with van der Waals surface area (Å²) in [5.74, 6) is -0.587. The Kier molecular flexibility index (Phi) is 4.02. The van der Waals surface area contributed by atoms with E-state index in [4.69, 9.17) is 0 Å². The molecule has 21 heavy (non-hydrogen) atoms. The molecule has 2 aromatic rings. The van der Waals surface area contributed by atoms with E-state index in [9.17, 15) is 8.78 Å². The van der Waals surface area contributed by atoms with E-state index in [2.05, 4.69) is 36.5 Å². The average molecular weight is 287 g/mol. The summed E-state index contributed by atoms with van der Waals surface area (Å²) >= 11 is 0. The third-order valence-corrected chi connectivity index (χ3v) is 4.22. The quantitative estimate of drug-likeness (QED) is 0.881. The van der Waals surface area contributed by atoms with Crippen molar-refractivity contribution in [3.63, 3.8) is 0 Å². The van der Waals surface area contributed by atoms with Gasteiger partial charge < -0.3 is 5.32 Å². The molecule has 0 heterocycles. The highest BCUT2D eigenvalue weighted by Crippen LogP contribution is 2.38. The molecular formula is C18H19F2N. The molecule has 1 N–H and O–H groups in total. The Hall–Kier alpha value is -1.74. The van der Waals surface area contributed by atoms with Gasteiger partial charge in [-0.1, -0.05) is 31.2 Å². The largest absolute Gasteiger partial charge is 0.313 e. The Morgan fingerprint density at radius 1 is 1.14 bits per heavy atom. The Labute approximate surface area is 124 Å². The lowest BCUT2D eigenvalue weighted by molar-refractivity contribution is 0.403. The summed E-state index contributed by atoms with van der Waals surface area (Å²) in [5.41, 5.74) is 3.46. The highest BCUT2D eigenvalue weighted by Gasteiger charge is 2.32. The standard InChI is InChI=1S/C18H19F2N/c1-2-21-18(9-12-7-14(19)11-15(20)8-12)17-10-13-5-3-4-6-16(13)17/h3-8,11,17-18,21H,2,9-10H2,1H3. The molecule has 110 valence electrons. The summed E-state index contributed by atoms with van der Waals surface area (Å²) in [6.07, 6.45) is 1.67. The fourth-order valence-corrected chi connectivity index (χ4v) is 3.26. The normalized spacial score (nSPS) is 18.0. The van der Waals surface area contributed by atoms with Crippen LogP contribution in [0.1, 0.15) is 29.5 Å². The second-order valence-electron chi connectivity index (χ2n) is 5.66. The van der Waals surface area contributed by atoms with Gasteiger partial charge in [-0.05, 0) is 48.2 Å². The molecule has 2 unspecified atom stereocenters. The van der Waals surface area contributed by atoms with Gasteiger partial charge in [-0.25, -0.2) is 8.78 Å². The van der Waals surface area contributed by atoms with Crippen molar-refractivity contribution in [2.75, 3.05) is 6.54 Å². The SMILES string of the molecule is CCNC(Cc1cc(F)cc(F)c1)C1Cc2ccccc21. The van der Waals surface area contributed by atoms with Crippen LogP contribution in [0.25, 0.3) is 0 Å². The second kappa shape index (κ2) is 5.94. The molecule has 0 spiro atoms. The van der Waals surface area contributed by atoms with Gasteiger partial charge in [-0.15, -0.1) is 0 Å². The molecule has 0 bridgehead atoms. The zero-order valence-electron chi connectivity index (χ0n) is 12.1. The maximum atomic E-state index is 13.3. The van der Waals surface area contributed by atoms with E-state index in [1.54, 1.807) is 0 Å². The van der Waals surface area contributed by atoms with Crippen molar-refractivity contribution < 1.29 is 8.78 Å². The first-order valence-electron chi connectivity index (χ1n) is 7.43. The third-order valence-electron chi connectivity index (χ3n) is 4.22. The minimum absolute atomic E-state index is 0.214. The lowest BCUT2D eigenvalue weighted by Gasteiger charge is -2.37. The fourth-order valence-electron chi connectivity index (χ4n) is 3.26. The lowest BCUT2D eigenvalue weighted by Crippen LogP contribution is -2.41. The van der Waals surface area contributed by atoms with Crippen LogP contribution >= 0.6 is 0 Å². The number of fused-ring (bicyclic) bond motifs is 1. The van der Waals surface area contributed by atoms with Crippen LogP contribution in [0.5, 0.6) is 0 Å². The third kappa shape index (κ3) is 2.98. The van der Waals surface area contributed by atoms with Crippen LogP contribution in [-0.4, -0.2) is 12.6 Å². The number of likely N-dealkylation sites (N-methyl/N-ethyl adjacent to an activating group) is 1. The van der Waals surface area contributed by atoms with Crippen LogP contribution in [0, 0.1) is 11.6 Å². The molecule has 0 saturated heterocycles. The van der Waals surface area contributed by atoms with Gasteiger partial charge in [0.05, 0.1) is 0 Å². The van der Waals surface area contributed by atoms with Gasteiger partial charge in [-0.2, -0.15) is 0 Å². The Morgan fingerprint density at radius 2 is 1.86 bits per heavy atom. The fraction of sp³-hybridized carbons (Fsp3) is 0.333.